The minimum absolute atomic E-state index is 0.0533. The van der Waals surface area contributed by atoms with Crippen molar-refractivity contribution in [2.45, 2.75) is 44.4 Å². The summed E-state index contributed by atoms with van der Waals surface area (Å²) < 4.78 is 5.66. The van der Waals surface area contributed by atoms with Crippen molar-refractivity contribution in [3.8, 4) is 0 Å². The number of amides is 1. The SMILES string of the molecule is CCNC(=NCC1(c2ccccc2)CCOCC1)N1CCC(CC(=O)NC)CC1. The van der Waals surface area contributed by atoms with Gasteiger partial charge in [-0.2, -0.15) is 0 Å². The van der Waals surface area contributed by atoms with Crippen molar-refractivity contribution in [2.75, 3.05) is 46.4 Å². The third-order valence-corrected chi connectivity index (χ3v) is 6.37. The van der Waals surface area contributed by atoms with Gasteiger partial charge < -0.3 is 20.3 Å². The standard InChI is InChI=1S/C23H36N4O2/c1-3-25-22(27-13-9-19(10-14-27)17-21(28)24-2)26-18-23(11-15-29-16-12-23)20-7-5-4-6-8-20/h4-8,19H,3,9-18H2,1-2H3,(H,24,28)(H,25,26). The first-order chi connectivity index (χ1) is 14.2. The van der Waals surface area contributed by atoms with Gasteiger partial charge in [-0.25, -0.2) is 0 Å². The summed E-state index contributed by atoms with van der Waals surface area (Å²) in [7, 11) is 1.71. The van der Waals surface area contributed by atoms with Crippen molar-refractivity contribution in [3.63, 3.8) is 0 Å². The third-order valence-electron chi connectivity index (χ3n) is 6.37. The average molecular weight is 401 g/mol. The maximum Gasteiger partial charge on any atom is 0.220 e. The number of carbonyl (C=O) groups is 1. The molecule has 2 fully saturated rings. The molecule has 2 N–H and O–H groups in total. The molecule has 1 amide bonds. The number of carbonyl (C=O) groups excluding carboxylic acids is 1. The molecule has 0 aromatic heterocycles. The topological polar surface area (TPSA) is 66.0 Å². The molecule has 6 nitrogen and oxygen atoms in total. The van der Waals surface area contributed by atoms with E-state index in [2.05, 4.69) is 52.8 Å². The maximum atomic E-state index is 11.7. The molecule has 1 aromatic rings. The molecule has 2 saturated heterocycles. The van der Waals surface area contributed by atoms with Gasteiger partial charge in [-0.1, -0.05) is 30.3 Å². The van der Waals surface area contributed by atoms with Crippen molar-refractivity contribution < 1.29 is 9.53 Å². The van der Waals surface area contributed by atoms with Crippen LogP contribution in [-0.4, -0.2) is 63.2 Å². The van der Waals surface area contributed by atoms with Crippen LogP contribution in [-0.2, 0) is 14.9 Å². The smallest absolute Gasteiger partial charge is 0.220 e. The number of rotatable bonds is 6. The van der Waals surface area contributed by atoms with Crippen molar-refractivity contribution in [1.82, 2.24) is 15.5 Å². The lowest BCUT2D eigenvalue weighted by Gasteiger charge is -2.38. The van der Waals surface area contributed by atoms with Gasteiger partial charge >= 0.3 is 0 Å². The van der Waals surface area contributed by atoms with E-state index in [9.17, 15) is 4.79 Å². The van der Waals surface area contributed by atoms with Crippen LogP contribution in [0.25, 0.3) is 0 Å². The van der Waals surface area contributed by atoms with Crippen molar-refractivity contribution in [3.05, 3.63) is 35.9 Å². The second kappa shape index (κ2) is 10.6. The second-order valence-corrected chi connectivity index (χ2v) is 8.24. The molecule has 29 heavy (non-hydrogen) atoms. The van der Waals surface area contributed by atoms with E-state index in [0.717, 1.165) is 71.0 Å². The second-order valence-electron chi connectivity index (χ2n) is 8.24. The zero-order chi connectivity index (χ0) is 20.5. The Bertz CT molecular complexity index is 663. The van der Waals surface area contributed by atoms with Gasteiger partial charge in [-0.05, 0) is 44.1 Å². The third kappa shape index (κ3) is 5.72. The van der Waals surface area contributed by atoms with E-state index in [4.69, 9.17) is 9.73 Å². The highest BCUT2D eigenvalue weighted by Gasteiger charge is 2.34. The molecule has 160 valence electrons. The Morgan fingerprint density at radius 1 is 1.21 bits per heavy atom. The first kappa shape index (κ1) is 21.6. The summed E-state index contributed by atoms with van der Waals surface area (Å²) in [6.07, 6.45) is 4.72. The first-order valence-corrected chi connectivity index (χ1v) is 11.0. The normalized spacial score (nSPS) is 20.3. The van der Waals surface area contributed by atoms with Crippen molar-refractivity contribution in [2.24, 2.45) is 10.9 Å². The highest BCUT2D eigenvalue weighted by Crippen LogP contribution is 2.35. The highest BCUT2D eigenvalue weighted by atomic mass is 16.5. The zero-order valence-corrected chi connectivity index (χ0v) is 18.0. The Hall–Kier alpha value is -2.08. The van der Waals surface area contributed by atoms with Gasteiger partial charge in [0.2, 0.25) is 5.91 Å². The average Bonchev–Trinajstić information content (AvgIpc) is 2.78. The number of likely N-dealkylation sites (tertiary alicyclic amines) is 1. The monoisotopic (exact) mass is 400 g/mol. The van der Waals surface area contributed by atoms with Crippen molar-refractivity contribution >= 4 is 11.9 Å². The molecule has 2 aliphatic heterocycles. The van der Waals surface area contributed by atoms with E-state index in [1.807, 2.05) is 0 Å². The number of aliphatic imine (C=N–C) groups is 1. The molecule has 0 saturated carbocycles. The molecule has 2 aliphatic rings. The van der Waals surface area contributed by atoms with Gasteiger partial charge in [0.05, 0.1) is 6.54 Å². The zero-order valence-electron chi connectivity index (χ0n) is 18.0. The van der Waals surface area contributed by atoms with Crippen LogP contribution in [0.5, 0.6) is 0 Å². The van der Waals surface area contributed by atoms with E-state index in [-0.39, 0.29) is 11.3 Å². The molecule has 0 aliphatic carbocycles. The molecule has 1 aromatic carbocycles. The summed E-state index contributed by atoms with van der Waals surface area (Å²) in [6, 6.07) is 10.8. The molecule has 3 rings (SSSR count). The Balaban J connectivity index is 1.69. The molecular formula is C23H36N4O2. The molecule has 0 bridgehead atoms. The molecule has 2 heterocycles. The Morgan fingerprint density at radius 3 is 2.52 bits per heavy atom. The summed E-state index contributed by atoms with van der Waals surface area (Å²) in [4.78, 5) is 19.1. The van der Waals surface area contributed by atoms with Crippen LogP contribution < -0.4 is 10.6 Å². The van der Waals surface area contributed by atoms with Crippen LogP contribution in [0.2, 0.25) is 0 Å². The fraction of sp³-hybridized carbons (Fsp3) is 0.652. The fourth-order valence-corrected chi connectivity index (χ4v) is 4.46. The molecule has 0 atom stereocenters. The summed E-state index contributed by atoms with van der Waals surface area (Å²) >= 11 is 0. The van der Waals surface area contributed by atoms with E-state index in [1.54, 1.807) is 7.05 Å². The summed E-state index contributed by atoms with van der Waals surface area (Å²) in [5.74, 6) is 1.63. The largest absolute Gasteiger partial charge is 0.381 e. The van der Waals surface area contributed by atoms with Gasteiger partial charge in [0.25, 0.3) is 0 Å². The van der Waals surface area contributed by atoms with Gasteiger partial charge in [0.1, 0.15) is 0 Å². The van der Waals surface area contributed by atoms with Gasteiger partial charge in [-0.15, -0.1) is 0 Å². The Morgan fingerprint density at radius 2 is 1.90 bits per heavy atom. The van der Waals surface area contributed by atoms with Crippen LogP contribution in [0.1, 0.15) is 44.6 Å². The van der Waals surface area contributed by atoms with E-state index < -0.39 is 0 Å². The number of nitrogens with one attached hydrogen (secondary N) is 2. The molecule has 6 heteroatoms. The molecule has 0 unspecified atom stereocenters. The lowest BCUT2D eigenvalue weighted by Crippen LogP contribution is -2.47. The summed E-state index contributed by atoms with van der Waals surface area (Å²) in [5.41, 5.74) is 1.42. The first-order valence-electron chi connectivity index (χ1n) is 11.0. The van der Waals surface area contributed by atoms with Crippen LogP contribution in [0.4, 0.5) is 0 Å². The van der Waals surface area contributed by atoms with E-state index in [1.165, 1.54) is 5.56 Å². The van der Waals surface area contributed by atoms with Gasteiger partial charge in [0, 0.05) is 51.7 Å². The molecule has 0 spiro atoms. The molecule has 0 radical (unpaired) electrons. The van der Waals surface area contributed by atoms with Crippen LogP contribution in [0.3, 0.4) is 0 Å². The number of nitrogens with zero attached hydrogens (tertiary/aromatic N) is 2. The number of guanidine groups is 1. The number of benzene rings is 1. The Labute approximate surface area is 175 Å². The van der Waals surface area contributed by atoms with Crippen LogP contribution in [0.15, 0.2) is 35.3 Å². The van der Waals surface area contributed by atoms with Crippen LogP contribution >= 0.6 is 0 Å². The number of hydrogen-bond donors (Lipinski definition) is 2. The molecular weight excluding hydrogens is 364 g/mol. The highest BCUT2D eigenvalue weighted by molar-refractivity contribution is 5.80. The van der Waals surface area contributed by atoms with Gasteiger partial charge in [-0.3, -0.25) is 9.79 Å². The van der Waals surface area contributed by atoms with E-state index in [0.29, 0.717) is 12.3 Å². The predicted molar refractivity (Wildman–Crippen MR) is 117 cm³/mol. The lowest BCUT2D eigenvalue weighted by molar-refractivity contribution is -0.121. The van der Waals surface area contributed by atoms with Crippen molar-refractivity contribution in [1.29, 1.82) is 0 Å². The fourth-order valence-electron chi connectivity index (χ4n) is 4.46. The van der Waals surface area contributed by atoms with E-state index >= 15 is 0 Å². The number of hydrogen-bond acceptors (Lipinski definition) is 3. The minimum Gasteiger partial charge on any atom is -0.381 e. The number of ether oxygens (including phenoxy) is 1. The predicted octanol–water partition coefficient (Wildman–Crippen LogP) is 2.55. The van der Waals surface area contributed by atoms with Crippen LogP contribution in [0, 0.1) is 5.92 Å². The summed E-state index contributed by atoms with van der Waals surface area (Å²) in [5, 5.41) is 6.24. The Kier molecular flexibility index (Phi) is 7.92. The minimum atomic E-state index is 0.0533. The number of piperidine rings is 1. The summed E-state index contributed by atoms with van der Waals surface area (Å²) in [6.45, 7) is 7.26. The quantitative estimate of drug-likeness (QED) is 0.569. The lowest BCUT2D eigenvalue weighted by atomic mass is 9.74. The maximum absolute atomic E-state index is 11.7. The van der Waals surface area contributed by atoms with Gasteiger partial charge in [0.15, 0.2) is 5.96 Å².